The molecule has 0 atom stereocenters. The SMILES string of the molecule is Cc1cccc(OCCNC(=O)C2CCN(S(=O)(=O)c3cccs3)CC2)c1C. The molecule has 1 N–H and O–H groups in total. The lowest BCUT2D eigenvalue weighted by Gasteiger charge is -2.30. The van der Waals surface area contributed by atoms with Crippen LogP contribution in [0.5, 0.6) is 5.75 Å². The van der Waals surface area contributed by atoms with Gasteiger partial charge in [0, 0.05) is 19.0 Å². The molecule has 8 heteroatoms. The second-order valence-electron chi connectivity index (χ2n) is 6.95. The summed E-state index contributed by atoms with van der Waals surface area (Å²) in [6.07, 6.45) is 1.07. The van der Waals surface area contributed by atoms with E-state index in [0.717, 1.165) is 11.3 Å². The van der Waals surface area contributed by atoms with Gasteiger partial charge in [-0.15, -0.1) is 11.3 Å². The van der Waals surface area contributed by atoms with Gasteiger partial charge in [0.1, 0.15) is 16.6 Å². The molecule has 3 rings (SSSR count). The van der Waals surface area contributed by atoms with Gasteiger partial charge in [-0.2, -0.15) is 4.31 Å². The van der Waals surface area contributed by atoms with E-state index in [1.165, 1.54) is 21.2 Å². The molecular formula is C20H26N2O4S2. The summed E-state index contributed by atoms with van der Waals surface area (Å²) < 4.78 is 32.7. The third kappa shape index (κ3) is 4.74. The van der Waals surface area contributed by atoms with Crippen LogP contribution in [0.1, 0.15) is 24.0 Å². The normalized spacial score (nSPS) is 16.1. The Morgan fingerprint density at radius 1 is 1.21 bits per heavy atom. The molecule has 1 aromatic carbocycles. The third-order valence-electron chi connectivity index (χ3n) is 5.13. The first-order valence-corrected chi connectivity index (χ1v) is 11.7. The summed E-state index contributed by atoms with van der Waals surface area (Å²) in [5.41, 5.74) is 2.28. The van der Waals surface area contributed by atoms with Crippen LogP contribution in [-0.2, 0) is 14.8 Å². The molecule has 1 fully saturated rings. The summed E-state index contributed by atoms with van der Waals surface area (Å²) in [7, 11) is -3.43. The zero-order chi connectivity index (χ0) is 20.1. The molecule has 1 aliphatic rings. The Hall–Kier alpha value is -1.90. The van der Waals surface area contributed by atoms with Gasteiger partial charge in [-0.1, -0.05) is 18.2 Å². The van der Waals surface area contributed by atoms with Crippen LogP contribution in [0.25, 0.3) is 0 Å². The minimum atomic E-state index is -3.43. The Bertz CT molecular complexity index is 902. The lowest BCUT2D eigenvalue weighted by Crippen LogP contribution is -2.43. The molecule has 152 valence electrons. The molecule has 28 heavy (non-hydrogen) atoms. The van der Waals surface area contributed by atoms with Gasteiger partial charge >= 0.3 is 0 Å². The molecule has 1 amide bonds. The van der Waals surface area contributed by atoms with Gasteiger partial charge in [-0.25, -0.2) is 8.42 Å². The molecule has 0 spiro atoms. The molecule has 1 saturated heterocycles. The number of ether oxygens (including phenoxy) is 1. The van der Waals surface area contributed by atoms with Crippen LogP contribution in [0.2, 0.25) is 0 Å². The Morgan fingerprint density at radius 2 is 1.96 bits per heavy atom. The van der Waals surface area contributed by atoms with Crippen molar-refractivity contribution in [1.29, 1.82) is 0 Å². The van der Waals surface area contributed by atoms with Gasteiger partial charge in [-0.3, -0.25) is 4.79 Å². The summed E-state index contributed by atoms with van der Waals surface area (Å²) >= 11 is 1.22. The molecule has 6 nitrogen and oxygen atoms in total. The van der Waals surface area contributed by atoms with E-state index >= 15 is 0 Å². The quantitative estimate of drug-likeness (QED) is 0.696. The minimum Gasteiger partial charge on any atom is -0.491 e. The van der Waals surface area contributed by atoms with E-state index in [2.05, 4.69) is 5.32 Å². The van der Waals surface area contributed by atoms with Crippen LogP contribution in [0.3, 0.4) is 0 Å². The monoisotopic (exact) mass is 422 g/mol. The maximum absolute atomic E-state index is 12.5. The van der Waals surface area contributed by atoms with Crippen molar-refractivity contribution < 1.29 is 17.9 Å². The number of thiophene rings is 1. The number of amides is 1. The first kappa shape index (κ1) is 20.8. The molecule has 1 aromatic heterocycles. The van der Waals surface area contributed by atoms with Crippen molar-refractivity contribution >= 4 is 27.3 Å². The molecule has 2 aromatic rings. The molecule has 0 unspecified atom stereocenters. The fraction of sp³-hybridized carbons (Fsp3) is 0.450. The van der Waals surface area contributed by atoms with E-state index in [0.29, 0.717) is 43.3 Å². The van der Waals surface area contributed by atoms with Gasteiger partial charge in [-0.05, 0) is 55.3 Å². The average molecular weight is 423 g/mol. The number of carbonyl (C=O) groups is 1. The number of hydrogen-bond donors (Lipinski definition) is 1. The Morgan fingerprint density at radius 3 is 2.64 bits per heavy atom. The van der Waals surface area contributed by atoms with Crippen LogP contribution in [0, 0.1) is 19.8 Å². The van der Waals surface area contributed by atoms with Gasteiger partial charge < -0.3 is 10.1 Å². The van der Waals surface area contributed by atoms with Gasteiger partial charge in [0.2, 0.25) is 5.91 Å². The second-order valence-corrected chi connectivity index (χ2v) is 10.1. The Kier molecular flexibility index (Phi) is 6.74. The maximum Gasteiger partial charge on any atom is 0.252 e. The van der Waals surface area contributed by atoms with E-state index < -0.39 is 10.0 Å². The summed E-state index contributed by atoms with van der Waals surface area (Å²) in [6.45, 7) is 5.63. The van der Waals surface area contributed by atoms with E-state index in [1.807, 2.05) is 32.0 Å². The minimum absolute atomic E-state index is 0.0299. The molecule has 0 aliphatic carbocycles. The number of nitrogens with one attached hydrogen (secondary N) is 1. The fourth-order valence-electron chi connectivity index (χ4n) is 3.26. The van der Waals surface area contributed by atoms with Crippen LogP contribution in [0.4, 0.5) is 0 Å². The van der Waals surface area contributed by atoms with Crippen molar-refractivity contribution in [2.75, 3.05) is 26.2 Å². The van der Waals surface area contributed by atoms with Crippen molar-refractivity contribution in [3.05, 3.63) is 46.8 Å². The summed E-state index contributed by atoms with van der Waals surface area (Å²) in [6, 6.07) is 9.27. The van der Waals surface area contributed by atoms with Gasteiger partial charge in [0.05, 0.1) is 6.54 Å². The standard InChI is InChI=1S/C20H26N2O4S2/c1-15-5-3-6-18(16(15)2)26-13-10-21-20(23)17-8-11-22(12-9-17)28(24,25)19-7-4-14-27-19/h3-7,14,17H,8-13H2,1-2H3,(H,21,23). The van der Waals surface area contributed by atoms with Crippen LogP contribution in [0.15, 0.2) is 39.9 Å². The number of rotatable bonds is 7. The summed E-state index contributed by atoms with van der Waals surface area (Å²) in [4.78, 5) is 12.4. The topological polar surface area (TPSA) is 75.7 Å². The lowest BCUT2D eigenvalue weighted by atomic mass is 9.97. The highest BCUT2D eigenvalue weighted by atomic mass is 32.2. The molecular weight excluding hydrogens is 396 g/mol. The molecule has 0 bridgehead atoms. The van der Waals surface area contributed by atoms with Crippen molar-refractivity contribution in [3.63, 3.8) is 0 Å². The number of hydrogen-bond acceptors (Lipinski definition) is 5. The lowest BCUT2D eigenvalue weighted by molar-refractivity contribution is -0.126. The predicted octanol–water partition coefficient (Wildman–Crippen LogP) is 2.96. The number of benzene rings is 1. The van der Waals surface area contributed by atoms with Crippen molar-refractivity contribution in [2.45, 2.75) is 30.9 Å². The zero-order valence-corrected chi connectivity index (χ0v) is 17.8. The van der Waals surface area contributed by atoms with E-state index in [-0.39, 0.29) is 11.8 Å². The number of piperidine rings is 1. The Balaban J connectivity index is 1.42. The number of sulfonamides is 1. The highest BCUT2D eigenvalue weighted by molar-refractivity contribution is 7.91. The summed E-state index contributed by atoms with van der Waals surface area (Å²) in [5, 5.41) is 4.67. The highest BCUT2D eigenvalue weighted by Gasteiger charge is 2.32. The van der Waals surface area contributed by atoms with Crippen molar-refractivity contribution in [2.24, 2.45) is 5.92 Å². The van der Waals surface area contributed by atoms with E-state index in [4.69, 9.17) is 4.74 Å². The second kappa shape index (κ2) is 9.07. The van der Waals surface area contributed by atoms with Crippen molar-refractivity contribution in [3.8, 4) is 5.75 Å². The van der Waals surface area contributed by atoms with Crippen LogP contribution in [-0.4, -0.2) is 44.9 Å². The largest absolute Gasteiger partial charge is 0.491 e. The number of carbonyl (C=O) groups excluding carboxylic acids is 1. The van der Waals surface area contributed by atoms with E-state index in [9.17, 15) is 13.2 Å². The van der Waals surface area contributed by atoms with Gasteiger partial charge in [0.15, 0.2) is 0 Å². The molecule has 0 saturated carbocycles. The number of aryl methyl sites for hydroxylation is 1. The third-order valence-corrected chi connectivity index (χ3v) is 8.40. The molecule has 1 aliphatic heterocycles. The van der Waals surface area contributed by atoms with Crippen molar-refractivity contribution in [1.82, 2.24) is 9.62 Å². The maximum atomic E-state index is 12.5. The molecule has 2 heterocycles. The van der Waals surface area contributed by atoms with E-state index in [1.54, 1.807) is 17.5 Å². The first-order valence-electron chi connectivity index (χ1n) is 9.40. The average Bonchev–Trinajstić information content (AvgIpc) is 3.24. The van der Waals surface area contributed by atoms with Crippen LogP contribution >= 0.6 is 11.3 Å². The highest BCUT2D eigenvalue weighted by Crippen LogP contribution is 2.26. The predicted molar refractivity (Wildman–Crippen MR) is 110 cm³/mol. The number of nitrogens with zero attached hydrogens (tertiary/aromatic N) is 1. The first-order chi connectivity index (χ1) is 13.4. The Labute approximate surface area is 170 Å². The summed E-state index contributed by atoms with van der Waals surface area (Å²) in [5.74, 6) is 0.648. The fourth-order valence-corrected chi connectivity index (χ4v) is 5.87. The van der Waals surface area contributed by atoms with Crippen LogP contribution < -0.4 is 10.1 Å². The zero-order valence-electron chi connectivity index (χ0n) is 16.2. The van der Waals surface area contributed by atoms with Gasteiger partial charge in [0.25, 0.3) is 10.0 Å². The molecule has 0 radical (unpaired) electrons. The smallest absolute Gasteiger partial charge is 0.252 e.